The van der Waals surface area contributed by atoms with Gasteiger partial charge < -0.3 is 0 Å². The molecule has 0 amide bonds. The first-order valence-corrected chi connectivity index (χ1v) is 34.8. The molecule has 0 nitrogen and oxygen atoms in total. The fourth-order valence-corrected chi connectivity index (χ4v) is 20.7. The third-order valence-electron chi connectivity index (χ3n) is 9.26. The Bertz CT molecular complexity index is 914. The van der Waals surface area contributed by atoms with E-state index in [4.69, 9.17) is 83.4 Å². The van der Waals surface area contributed by atoms with Crippen molar-refractivity contribution in [3.63, 3.8) is 0 Å². The predicted octanol–water partition coefficient (Wildman–Crippen LogP) is 18.7. The molecule has 0 bridgehead atoms. The van der Waals surface area contributed by atoms with Crippen molar-refractivity contribution < 1.29 is 21.9 Å². The van der Waals surface area contributed by atoms with Gasteiger partial charge in [0.05, 0.1) is 0 Å². The van der Waals surface area contributed by atoms with Crippen LogP contribution in [0.2, 0.25) is 0 Å². The van der Waals surface area contributed by atoms with E-state index in [2.05, 4.69) is 102 Å². The predicted molar refractivity (Wildman–Crippen MR) is 240 cm³/mol. The Morgan fingerprint density at radius 2 is 0.560 bits per heavy atom. The van der Waals surface area contributed by atoms with Crippen LogP contribution in [0.3, 0.4) is 0 Å². The van der Waals surface area contributed by atoms with Crippen molar-refractivity contribution in [1.82, 2.24) is 0 Å². The average molecular weight is 988 g/mol. The third-order valence-corrected chi connectivity index (χ3v) is 23.9. The van der Waals surface area contributed by atoms with Gasteiger partial charge in [0.15, 0.2) is 0 Å². The minimum atomic E-state index is -2.12. The van der Waals surface area contributed by atoms with Gasteiger partial charge in [-0.1, -0.05) is 0 Å². The monoisotopic (exact) mass is 984 g/mol. The summed E-state index contributed by atoms with van der Waals surface area (Å²) in [5.41, 5.74) is 2.90. The summed E-state index contributed by atoms with van der Waals surface area (Å²) in [6, 6.07) is 21.9. The number of unbranched alkanes of at least 4 members (excludes halogenated alkanes) is 6. The standard InChI is InChI=1S/2C19H34ClP.6ClH.2Co/c2*1-4-7-15-21(20,16-8-5-2,17-9-6-3)18-19-13-11-10-12-14-19;;;;;;;;/h2*10-14H,4-9,15-18H2,1-3H3;6*1H;;/q;;;;;;;;2*+3/p-6. The molecule has 2 aromatic rings. The van der Waals surface area contributed by atoms with Gasteiger partial charge in [-0.15, -0.1) is 0 Å². The summed E-state index contributed by atoms with van der Waals surface area (Å²) in [7, 11) is 26.8. The zero-order valence-corrected chi connectivity index (χ0v) is 41.4. The van der Waals surface area contributed by atoms with Crippen LogP contribution in [-0.4, -0.2) is 37.0 Å². The fraction of sp³-hybridized carbons (Fsp3) is 0.684. The second-order valence-electron chi connectivity index (χ2n) is 13.7. The summed E-state index contributed by atoms with van der Waals surface area (Å²) in [6.07, 6.45) is 25.3. The number of hydrogen-bond acceptors (Lipinski definition) is 0. The molecule has 12 heteroatoms. The molecular formula is C38H68Cl8Co2P2. The van der Waals surface area contributed by atoms with E-state index < -0.39 is 33.8 Å². The molecule has 0 atom stereocenters. The summed E-state index contributed by atoms with van der Waals surface area (Å²) < 4.78 is 0. The molecule has 0 aromatic heterocycles. The van der Waals surface area contributed by atoms with E-state index in [0.29, 0.717) is 0 Å². The van der Waals surface area contributed by atoms with E-state index in [-0.39, 0.29) is 0 Å². The molecule has 2 rings (SSSR count). The van der Waals surface area contributed by atoms with Gasteiger partial charge in [0.25, 0.3) is 0 Å². The van der Waals surface area contributed by atoms with Gasteiger partial charge in [-0.25, -0.2) is 0 Å². The molecule has 0 radical (unpaired) electrons. The maximum absolute atomic E-state index is 7.60. The molecule has 0 unspecified atom stereocenters. The molecule has 0 heterocycles. The van der Waals surface area contributed by atoms with Crippen molar-refractivity contribution in [1.29, 1.82) is 0 Å². The van der Waals surface area contributed by atoms with Gasteiger partial charge in [-0.05, 0) is 0 Å². The van der Waals surface area contributed by atoms with Crippen molar-refractivity contribution in [2.45, 2.75) is 131 Å². The summed E-state index contributed by atoms with van der Waals surface area (Å²) >= 11 is 15.2. The Kier molecular flexibility index (Phi) is 34.7. The van der Waals surface area contributed by atoms with Crippen LogP contribution in [-0.2, 0) is 34.2 Å². The van der Waals surface area contributed by atoms with Gasteiger partial charge in [-0.2, -0.15) is 0 Å². The van der Waals surface area contributed by atoms with Gasteiger partial charge in [0.2, 0.25) is 0 Å². The Balaban J connectivity index is 0. The van der Waals surface area contributed by atoms with Crippen LogP contribution in [0.4, 0.5) is 0 Å². The summed E-state index contributed by atoms with van der Waals surface area (Å²) in [4.78, 5) is 0. The van der Waals surface area contributed by atoms with Crippen LogP contribution in [0.15, 0.2) is 60.7 Å². The van der Waals surface area contributed by atoms with Gasteiger partial charge in [-0.3, -0.25) is 0 Å². The summed E-state index contributed by atoms with van der Waals surface area (Å²) in [6.45, 7) is 13.8. The molecule has 0 aliphatic heterocycles. The maximum atomic E-state index is 7.60. The Hall–Kier alpha value is 2.63. The van der Waals surface area contributed by atoms with Crippen LogP contribution in [0.5, 0.6) is 0 Å². The number of halogens is 8. The van der Waals surface area contributed by atoms with Crippen molar-refractivity contribution in [3.05, 3.63) is 71.8 Å². The molecule has 0 N–H and O–H groups in total. The van der Waals surface area contributed by atoms with E-state index in [1.807, 2.05) is 0 Å². The molecule has 0 saturated carbocycles. The first-order chi connectivity index (χ1) is 23.6. The van der Waals surface area contributed by atoms with Gasteiger partial charge in [0, 0.05) is 0 Å². The van der Waals surface area contributed by atoms with E-state index in [1.54, 1.807) is 0 Å². The topological polar surface area (TPSA) is 0 Å². The zero-order valence-electron chi connectivity index (χ0n) is 31.5. The van der Waals surface area contributed by atoms with Gasteiger partial charge >= 0.3 is 357 Å². The second-order valence-corrected chi connectivity index (χ2v) is 40.3. The van der Waals surface area contributed by atoms with Crippen LogP contribution in [0.25, 0.3) is 0 Å². The van der Waals surface area contributed by atoms with Crippen LogP contribution >= 0.6 is 95.3 Å². The molecule has 0 aliphatic rings. The first kappa shape index (κ1) is 54.7. The molecule has 2 aromatic carbocycles. The van der Waals surface area contributed by atoms with Crippen LogP contribution in [0.1, 0.15) is 130 Å². The van der Waals surface area contributed by atoms with Crippen molar-refractivity contribution in [3.8, 4) is 0 Å². The number of rotatable bonds is 22. The van der Waals surface area contributed by atoms with E-state index in [0.717, 1.165) is 12.3 Å². The summed E-state index contributed by atoms with van der Waals surface area (Å²) in [5.74, 6) is -4.23. The molecule has 304 valence electrons. The molecule has 0 spiro atoms. The fourth-order valence-electron chi connectivity index (χ4n) is 6.54. The SMILES string of the molecule is CCCCP(Cl)(CCCC)(CCCC)Cc1ccccc1.CCCCP(Cl)(CCCC)(CCCC)Cc1ccccc1.[Cl][Co]([Cl])[Cl].[Cl][Co]([Cl])[Cl]. The molecule has 0 saturated heterocycles. The summed E-state index contributed by atoms with van der Waals surface area (Å²) in [5, 5.41) is 0. The quantitative estimate of drug-likeness (QED) is 0.103. The first-order valence-electron chi connectivity index (χ1n) is 18.4. The molecular weight excluding hydrogens is 920 g/mol. The van der Waals surface area contributed by atoms with Gasteiger partial charge in [0.1, 0.15) is 0 Å². The molecule has 0 aliphatic carbocycles. The van der Waals surface area contributed by atoms with E-state index in [9.17, 15) is 0 Å². The van der Waals surface area contributed by atoms with Crippen molar-refractivity contribution in [2.75, 3.05) is 37.0 Å². The molecule has 50 heavy (non-hydrogen) atoms. The Labute approximate surface area is 353 Å². The van der Waals surface area contributed by atoms with E-state index in [1.165, 1.54) is 125 Å². The third kappa shape index (κ3) is 28.1. The number of benzene rings is 2. The van der Waals surface area contributed by atoms with Crippen LogP contribution in [0, 0.1) is 0 Å². The molecule has 0 fully saturated rings. The second kappa shape index (κ2) is 31.7. The Morgan fingerprint density at radius 1 is 0.380 bits per heavy atom. The average Bonchev–Trinajstić information content (AvgIpc) is 3.08. The van der Waals surface area contributed by atoms with Crippen LogP contribution < -0.4 is 0 Å². The number of hydrogen-bond donors (Lipinski definition) is 0. The van der Waals surface area contributed by atoms with Crippen molar-refractivity contribution in [2.24, 2.45) is 0 Å². The van der Waals surface area contributed by atoms with E-state index >= 15 is 0 Å². The normalized spacial score (nSPS) is 13.4. The minimum absolute atomic E-state index is 1.15. The van der Waals surface area contributed by atoms with Crippen molar-refractivity contribution >= 4 is 95.3 Å². The zero-order chi connectivity index (χ0) is 38.4. The Morgan fingerprint density at radius 3 is 0.720 bits per heavy atom.